The molecule has 32 heteroatoms. The van der Waals surface area contributed by atoms with Gasteiger partial charge in [-0.25, -0.2) is 0 Å². The van der Waals surface area contributed by atoms with E-state index < -0.39 is 47.6 Å². The van der Waals surface area contributed by atoms with Crippen LogP contribution >= 0.6 is 197 Å². The molecule has 0 aromatic heterocycles. The SMILES string of the molecule is I[I-]I.I[I-]I.I[I-][Se][P+](C[P+]([Se][I-][Se][P+](C[P+]([Se][I-]I)(c1ccccc1)c1ccccc1)(c1ccccc1)c1ccccc1)(c1ccccc1)c1ccccc1)(c1ccccc1)c1ccccc1.I[I-][Se][P+](C[P+]([Se][I-][Se][P+](C[P+]([Se][I-]I)(c1ccccc1)c1ccccc1)(c1ccccc1)c1ccccc1)(c1ccccc1)c1ccccc1)(c1ccccc1)c1ccccc1. The van der Waals surface area contributed by atoms with Gasteiger partial charge in [0.05, 0.1) is 0 Å². The zero-order chi connectivity index (χ0) is 91.9. The Hall–Kier alpha value is 6.80. The average molecular weight is 4200 g/mol. The van der Waals surface area contributed by atoms with Crippen molar-refractivity contribution in [2.45, 2.75) is 0 Å². The first-order valence-corrected chi connectivity index (χ1v) is 166. The van der Waals surface area contributed by atoms with Crippen molar-refractivity contribution in [1.82, 2.24) is 0 Å². The first-order valence-electron chi connectivity index (χ1n) is 40.5. The Morgan fingerprint density at radius 2 is 0.205 bits per heavy atom. The monoisotopic (exact) mass is 4210 g/mol. The van der Waals surface area contributed by atoms with Gasteiger partial charge >= 0.3 is 1000 Å². The molecule has 0 N–H and O–H groups in total. The van der Waals surface area contributed by atoms with E-state index >= 15 is 0 Å². The van der Waals surface area contributed by atoms with E-state index in [0.29, 0.717) is 117 Å². The van der Waals surface area contributed by atoms with Crippen LogP contribution in [0.4, 0.5) is 0 Å². The molecule has 0 aliphatic rings. The minimum absolute atomic E-state index is 0.0442. The number of halogens is 16. The fourth-order valence-corrected chi connectivity index (χ4v) is 490. The average Bonchev–Trinajstić information content (AvgIpc) is 0.747. The van der Waals surface area contributed by atoms with E-state index in [1.54, 1.807) is 84.9 Å². The second-order valence-corrected chi connectivity index (χ2v) is 252. The van der Waals surface area contributed by atoms with E-state index in [1.807, 2.05) is 0 Å². The number of benzene rings is 16. The first kappa shape index (κ1) is 116. The Morgan fingerprint density at radius 3 is 0.280 bits per heavy atom. The molecule has 688 valence electrons. The Labute approximate surface area is 978 Å². The molecular formula is C100H88I16P8Se8. The van der Waals surface area contributed by atoms with Crippen LogP contribution in [-0.2, 0) is 0 Å². The van der Waals surface area contributed by atoms with Crippen molar-refractivity contribution in [3.63, 3.8) is 0 Å². The molecule has 0 radical (unpaired) electrons. The molecule has 132 heavy (non-hydrogen) atoms. The van der Waals surface area contributed by atoms with Gasteiger partial charge in [-0.2, -0.15) is 0 Å². The molecule has 0 spiro atoms. The van der Waals surface area contributed by atoms with Crippen molar-refractivity contribution in [2.24, 2.45) is 0 Å². The molecule has 0 fully saturated rings. The molecule has 16 aromatic carbocycles. The van der Waals surface area contributed by atoms with Crippen LogP contribution in [0, 0.1) is 0 Å². The number of hydrogen-bond donors (Lipinski definition) is 0. The standard InChI is InChI=1S/2C50H44I5P4Se4.2I3/c2*51-53-60-56(43-25-9-1-10-26-43,44-27-11-2-12-28-44)41-58(47-33-17-5-18-34-47,48-35-19-6-20-36-48)62-55-63-59(49-37-21-7-22-38-49,50-39-23-8-24-40-50)42-57(61-54-52,45-29-13-3-14-30-45)46-31-15-4-16-32-46;2*1-3-2/h2*1-40H,41-42H2;;/q2*+1;2*-1. The van der Waals surface area contributed by atoms with Gasteiger partial charge < -0.3 is 0 Å². The van der Waals surface area contributed by atoms with Crippen LogP contribution in [0.3, 0.4) is 0 Å². The van der Waals surface area contributed by atoms with Crippen molar-refractivity contribution in [3.05, 3.63) is 485 Å². The van der Waals surface area contributed by atoms with Gasteiger partial charge in [0.2, 0.25) is 0 Å². The third-order valence-electron chi connectivity index (χ3n) is 21.5. The fraction of sp³-hybridized carbons (Fsp3) is 0.0400. The van der Waals surface area contributed by atoms with Gasteiger partial charge in [0.15, 0.2) is 0 Å². The summed E-state index contributed by atoms with van der Waals surface area (Å²) in [4.78, 5) is 0. The number of rotatable bonds is 40. The van der Waals surface area contributed by atoms with Gasteiger partial charge in [0.1, 0.15) is 0 Å². The van der Waals surface area contributed by atoms with Crippen LogP contribution in [0.2, 0.25) is 0 Å². The predicted molar refractivity (Wildman–Crippen MR) is 650 cm³/mol. The molecule has 0 unspecified atom stereocenters. The molecule has 16 aromatic rings. The van der Waals surface area contributed by atoms with Crippen molar-refractivity contribution in [1.29, 1.82) is 0 Å². The maximum atomic E-state index is 2.83. The van der Waals surface area contributed by atoms with E-state index in [1.165, 1.54) is 23.6 Å². The van der Waals surface area contributed by atoms with Crippen molar-refractivity contribution in [3.8, 4) is 0 Å². The van der Waals surface area contributed by atoms with E-state index in [4.69, 9.17) is 0 Å². The zero-order valence-corrected chi connectivity index (χ0v) is 125. The topological polar surface area (TPSA) is 0 Å². The molecule has 0 atom stereocenters. The van der Waals surface area contributed by atoms with E-state index in [0.717, 1.165) is 0 Å². The molecule has 0 amide bonds. The van der Waals surface area contributed by atoms with E-state index in [2.05, 4.69) is 634 Å². The quantitative estimate of drug-likeness (QED) is 0.0305. The van der Waals surface area contributed by atoms with E-state index in [9.17, 15) is 0 Å². The van der Waals surface area contributed by atoms with Crippen LogP contribution in [-0.4, -0.2) is 114 Å². The summed E-state index contributed by atoms with van der Waals surface area (Å²) in [5, 5.41) is 26.2. The van der Waals surface area contributed by atoms with Gasteiger partial charge in [-0.1, -0.05) is 0 Å². The van der Waals surface area contributed by atoms with Crippen LogP contribution in [0.1, 0.15) is 0 Å². The van der Waals surface area contributed by atoms with Crippen LogP contribution in [0.25, 0.3) is 0 Å². The van der Waals surface area contributed by atoms with Crippen LogP contribution in [0.15, 0.2) is 485 Å². The van der Waals surface area contributed by atoms with Crippen LogP contribution < -0.4 is 205 Å². The molecule has 0 aliphatic carbocycles. The molecule has 0 aliphatic heterocycles. The second-order valence-electron chi connectivity index (χ2n) is 28.9. The molecule has 0 saturated heterocycles. The summed E-state index contributed by atoms with van der Waals surface area (Å²) in [6.45, 7) is 0. The zero-order valence-electron chi connectivity index (χ0n) is 69.9. The first-order chi connectivity index (χ1) is 65.0. The molecule has 16 rings (SSSR count). The van der Waals surface area contributed by atoms with Gasteiger partial charge in [-0.15, -0.1) is 0 Å². The number of hydrogen-bond acceptors (Lipinski definition) is 0. The Kier molecular flexibility index (Phi) is 55.1. The van der Waals surface area contributed by atoms with Gasteiger partial charge in [-0.05, 0) is 0 Å². The summed E-state index contributed by atoms with van der Waals surface area (Å²) in [6.07, 6.45) is 0. The third-order valence-corrected chi connectivity index (χ3v) is 323. The summed E-state index contributed by atoms with van der Waals surface area (Å²) in [6, 6.07) is 192. The Morgan fingerprint density at radius 1 is 0.129 bits per heavy atom. The molecular weight excluding hydrogens is 4110 g/mol. The van der Waals surface area contributed by atoms with Crippen molar-refractivity contribution >= 4 is 372 Å². The summed E-state index contributed by atoms with van der Waals surface area (Å²) >= 11 is 25.8. The van der Waals surface area contributed by atoms with Crippen LogP contribution in [0.5, 0.6) is 0 Å². The predicted octanol–water partition coefficient (Wildman–Crippen LogP) is 0.910. The summed E-state index contributed by atoms with van der Waals surface area (Å²) in [7, 11) is 0. The van der Waals surface area contributed by atoms with Crippen molar-refractivity contribution < 1.29 is 120 Å². The third kappa shape index (κ3) is 30.7. The fourth-order valence-electron chi connectivity index (χ4n) is 15.5. The molecule has 0 nitrogen and oxygen atoms in total. The second kappa shape index (κ2) is 62.7. The summed E-state index contributed by atoms with van der Waals surface area (Å²) in [5.41, 5.74) is 0. The van der Waals surface area contributed by atoms with Gasteiger partial charge in [0, 0.05) is 0 Å². The summed E-state index contributed by atoms with van der Waals surface area (Å²) < 4.78 is 0. The van der Waals surface area contributed by atoms with Gasteiger partial charge in [0.25, 0.3) is 0 Å². The molecule has 0 bridgehead atoms. The minimum atomic E-state index is -1.89. The molecule has 0 saturated carbocycles. The Balaban J connectivity index is 0.000000212. The summed E-state index contributed by atoms with van der Waals surface area (Å²) in [5.74, 6) is -9.34. The molecule has 0 heterocycles. The Bertz CT molecular complexity index is 4900. The van der Waals surface area contributed by atoms with E-state index in [-0.39, 0.29) is 93.4 Å². The van der Waals surface area contributed by atoms with Gasteiger partial charge in [-0.3, -0.25) is 0 Å². The van der Waals surface area contributed by atoms with Crippen molar-refractivity contribution in [2.75, 3.05) is 23.6 Å². The maximum absolute atomic E-state index is 2.83. The normalized spacial score (nSPS) is 12.2.